The number of nitro benzene ring substituents is 1. The first-order valence-electron chi connectivity index (χ1n) is 12.4. The van der Waals surface area contributed by atoms with Gasteiger partial charge in [0.25, 0.3) is 5.69 Å². The second-order valence-electron chi connectivity index (χ2n) is 8.95. The van der Waals surface area contributed by atoms with E-state index in [0.29, 0.717) is 43.0 Å². The number of hydrogen-bond acceptors (Lipinski definition) is 8. The number of aliphatic carboxylic acids is 1. The Morgan fingerprint density at radius 3 is 2.40 bits per heavy atom. The normalized spacial score (nSPS) is 12.1. The molecule has 3 N–H and O–H groups in total. The van der Waals surface area contributed by atoms with E-state index < -0.39 is 33.1 Å². The molecular weight excluding hydrogens is 585 g/mol. The zero-order valence-corrected chi connectivity index (χ0v) is 23.4. The molecule has 0 saturated carbocycles. The van der Waals surface area contributed by atoms with E-state index in [2.05, 4.69) is 14.7 Å². The number of hydrogen-bond donors (Lipinski definition) is 3. The summed E-state index contributed by atoms with van der Waals surface area (Å²) in [6, 6.07) is 11.6. The lowest BCUT2D eigenvalue weighted by molar-refractivity contribution is -0.385. The number of nitro groups is 1. The van der Waals surface area contributed by atoms with Crippen molar-refractivity contribution >= 4 is 27.5 Å². The second-order valence-corrected chi connectivity index (χ2v) is 10.7. The molecule has 0 amide bonds. The lowest BCUT2D eigenvalue weighted by Crippen LogP contribution is -2.29. The molecule has 3 aromatic rings. The Balaban J connectivity index is 0.000000782. The van der Waals surface area contributed by atoms with Crippen molar-refractivity contribution < 1.29 is 45.9 Å². The fourth-order valence-corrected chi connectivity index (χ4v) is 4.89. The summed E-state index contributed by atoms with van der Waals surface area (Å²) in [7, 11) is -2.50. The molecule has 0 saturated heterocycles. The standard InChI is InChI=1S/C24H28N4O6S.C2HF3O2/c1-17(29)8-4-3-5-13-22(27-35(32,33)21-12-7-10-19(15-21)28(30)31)24-25-16-23(26-24)18-9-6-11-20(14-18)34-2;3-2(4,5)1(6)7/h6-7,9-12,14-16,22,27H,3-5,8,13H2,1-2H3,(H,25,26);(H,6,7)/t22-;/m0./s1. The number of ether oxygens (including phenoxy) is 1. The van der Waals surface area contributed by atoms with Crippen molar-refractivity contribution in [3.8, 4) is 17.0 Å². The van der Waals surface area contributed by atoms with Crippen LogP contribution >= 0.6 is 0 Å². The number of aromatic nitrogens is 2. The summed E-state index contributed by atoms with van der Waals surface area (Å²) < 4.78 is 65.8. The molecule has 0 aliphatic heterocycles. The summed E-state index contributed by atoms with van der Waals surface area (Å²) in [6.07, 6.45) is -0.438. The number of aromatic amines is 1. The van der Waals surface area contributed by atoms with Gasteiger partial charge in [-0.1, -0.05) is 31.0 Å². The van der Waals surface area contributed by atoms with Crippen LogP contribution in [0.3, 0.4) is 0 Å². The van der Waals surface area contributed by atoms with Crippen molar-refractivity contribution in [1.82, 2.24) is 14.7 Å². The highest BCUT2D eigenvalue weighted by Gasteiger charge is 2.38. The predicted molar refractivity (Wildman–Crippen MR) is 144 cm³/mol. The quantitative estimate of drug-likeness (QED) is 0.133. The highest BCUT2D eigenvalue weighted by molar-refractivity contribution is 7.89. The van der Waals surface area contributed by atoms with Crippen molar-refractivity contribution in [3.05, 3.63) is 70.7 Å². The van der Waals surface area contributed by atoms with Crippen LogP contribution < -0.4 is 9.46 Å². The molecular formula is C26H29F3N4O8S. The predicted octanol–water partition coefficient (Wildman–Crippen LogP) is 5.19. The number of carboxylic acids is 1. The minimum absolute atomic E-state index is 0.113. The summed E-state index contributed by atoms with van der Waals surface area (Å²) in [5.41, 5.74) is 1.20. The van der Waals surface area contributed by atoms with Gasteiger partial charge in [0.15, 0.2) is 0 Å². The minimum Gasteiger partial charge on any atom is -0.497 e. The Morgan fingerprint density at radius 2 is 1.81 bits per heavy atom. The lowest BCUT2D eigenvalue weighted by Gasteiger charge is -2.17. The van der Waals surface area contributed by atoms with E-state index in [1.165, 1.54) is 18.2 Å². The topological polar surface area (TPSA) is 182 Å². The average Bonchev–Trinajstić information content (AvgIpc) is 3.42. The number of unbranched alkanes of at least 4 members (excludes halogenated alkanes) is 2. The van der Waals surface area contributed by atoms with Crippen molar-refractivity contribution in [2.75, 3.05) is 7.11 Å². The molecule has 0 spiro atoms. The van der Waals surface area contributed by atoms with Gasteiger partial charge in [0.05, 0.1) is 34.9 Å². The van der Waals surface area contributed by atoms with Gasteiger partial charge in [-0.15, -0.1) is 0 Å². The number of carbonyl (C=O) groups excluding carboxylic acids is 1. The van der Waals surface area contributed by atoms with E-state index in [1.807, 2.05) is 24.3 Å². The molecule has 16 heteroatoms. The summed E-state index contributed by atoms with van der Waals surface area (Å²) >= 11 is 0. The zero-order chi connectivity index (χ0) is 31.5. The fourth-order valence-electron chi connectivity index (χ4n) is 3.62. The molecule has 0 bridgehead atoms. The van der Waals surface area contributed by atoms with Crippen LogP contribution in [0.25, 0.3) is 11.3 Å². The molecule has 2 aromatic carbocycles. The summed E-state index contributed by atoms with van der Waals surface area (Å²) in [6.45, 7) is 1.54. The van der Waals surface area contributed by atoms with Crippen LogP contribution in [0.4, 0.5) is 18.9 Å². The molecule has 228 valence electrons. The van der Waals surface area contributed by atoms with Crippen LogP contribution in [-0.2, 0) is 19.6 Å². The first-order valence-corrected chi connectivity index (χ1v) is 13.9. The van der Waals surface area contributed by atoms with Gasteiger partial charge in [-0.25, -0.2) is 22.9 Å². The number of carbonyl (C=O) groups is 2. The molecule has 12 nitrogen and oxygen atoms in total. The van der Waals surface area contributed by atoms with Gasteiger partial charge in [-0.05, 0) is 38.0 Å². The maximum Gasteiger partial charge on any atom is 0.490 e. The molecule has 0 aliphatic carbocycles. The van der Waals surface area contributed by atoms with Crippen LogP contribution in [0.1, 0.15) is 50.9 Å². The van der Waals surface area contributed by atoms with Gasteiger partial charge >= 0.3 is 12.1 Å². The average molecular weight is 615 g/mol. The molecule has 0 radical (unpaired) electrons. The first kappa shape index (κ1) is 33.9. The number of carboxylic acid groups (broad SMARTS) is 1. The number of H-pyrrole nitrogens is 1. The smallest absolute Gasteiger partial charge is 0.490 e. The van der Waals surface area contributed by atoms with E-state index in [-0.39, 0.29) is 16.4 Å². The van der Waals surface area contributed by atoms with Crippen molar-refractivity contribution in [1.29, 1.82) is 0 Å². The number of ketones is 1. The summed E-state index contributed by atoms with van der Waals surface area (Å²) in [5.74, 6) is -1.55. The Kier molecular flexibility index (Phi) is 12.2. The molecule has 0 fully saturated rings. The third kappa shape index (κ3) is 10.6. The van der Waals surface area contributed by atoms with Crippen LogP contribution in [0.15, 0.2) is 59.6 Å². The zero-order valence-electron chi connectivity index (χ0n) is 22.6. The van der Waals surface area contributed by atoms with Gasteiger partial charge in [0, 0.05) is 24.1 Å². The number of rotatable bonds is 13. The second kappa shape index (κ2) is 15.1. The molecule has 3 rings (SSSR count). The lowest BCUT2D eigenvalue weighted by atomic mass is 10.1. The van der Waals surface area contributed by atoms with E-state index in [4.69, 9.17) is 14.6 Å². The number of nitrogens with one attached hydrogen (secondary N) is 2. The first-order chi connectivity index (χ1) is 19.6. The number of Topliss-reactive ketones (excluding diaryl/α,β-unsaturated/α-hetero) is 1. The SMILES string of the molecule is COc1cccc(-c2cnc([C@H](CCCCCC(C)=O)NS(=O)(=O)c3cccc([N+](=O)[O-])c3)[nH]2)c1.O=C(O)C(F)(F)F. The molecule has 1 heterocycles. The maximum atomic E-state index is 13.1. The number of methoxy groups -OCH3 is 1. The van der Waals surface area contributed by atoms with Gasteiger partial charge in [-0.2, -0.15) is 13.2 Å². The van der Waals surface area contributed by atoms with Gasteiger partial charge in [-0.3, -0.25) is 10.1 Å². The van der Waals surface area contributed by atoms with Crippen molar-refractivity contribution in [2.24, 2.45) is 0 Å². The van der Waals surface area contributed by atoms with Crippen molar-refractivity contribution in [3.63, 3.8) is 0 Å². The number of imidazole rings is 1. The Bertz CT molecular complexity index is 1490. The molecule has 1 atom stereocenters. The largest absolute Gasteiger partial charge is 0.497 e. The number of nitrogens with zero attached hydrogens (tertiary/aromatic N) is 2. The van der Waals surface area contributed by atoms with Crippen LogP contribution in [0.5, 0.6) is 5.75 Å². The van der Waals surface area contributed by atoms with E-state index in [1.54, 1.807) is 20.2 Å². The van der Waals surface area contributed by atoms with Crippen LogP contribution in [0, 0.1) is 10.1 Å². The minimum atomic E-state index is -5.08. The van der Waals surface area contributed by atoms with E-state index in [0.717, 1.165) is 18.1 Å². The molecule has 42 heavy (non-hydrogen) atoms. The number of sulfonamides is 1. The van der Waals surface area contributed by atoms with Crippen molar-refractivity contribution in [2.45, 2.75) is 56.1 Å². The molecule has 1 aromatic heterocycles. The highest BCUT2D eigenvalue weighted by atomic mass is 32.2. The van der Waals surface area contributed by atoms with E-state index >= 15 is 0 Å². The molecule has 0 unspecified atom stereocenters. The highest BCUT2D eigenvalue weighted by Crippen LogP contribution is 2.27. The van der Waals surface area contributed by atoms with Crippen LogP contribution in [-0.4, -0.2) is 53.5 Å². The number of alkyl halides is 3. The Morgan fingerprint density at radius 1 is 1.14 bits per heavy atom. The number of non-ortho nitro benzene ring substituents is 1. The maximum absolute atomic E-state index is 13.1. The molecule has 0 aliphatic rings. The third-order valence-electron chi connectivity index (χ3n) is 5.71. The van der Waals surface area contributed by atoms with Gasteiger partial charge in [0.2, 0.25) is 10.0 Å². The summed E-state index contributed by atoms with van der Waals surface area (Å²) in [4.78, 5) is 38.0. The Labute approximate surface area is 239 Å². The van der Waals surface area contributed by atoms with Gasteiger partial charge < -0.3 is 19.6 Å². The van der Waals surface area contributed by atoms with E-state index in [9.17, 15) is 36.5 Å². The number of benzene rings is 2. The third-order valence-corrected chi connectivity index (χ3v) is 7.18. The summed E-state index contributed by atoms with van der Waals surface area (Å²) in [5, 5.41) is 18.2. The monoisotopic (exact) mass is 614 g/mol. The number of halogens is 3. The Hall–Kier alpha value is -4.31. The van der Waals surface area contributed by atoms with Crippen LogP contribution in [0.2, 0.25) is 0 Å². The fraction of sp³-hybridized carbons (Fsp3) is 0.346. The van der Waals surface area contributed by atoms with Gasteiger partial charge in [0.1, 0.15) is 17.4 Å².